The lowest BCUT2D eigenvalue weighted by Crippen LogP contribution is -2.33. The molecular weight excluding hydrogens is 420 g/mol. The summed E-state index contributed by atoms with van der Waals surface area (Å²) in [5.74, 6) is 0.0435. The van der Waals surface area contributed by atoms with E-state index in [1.54, 1.807) is 12.4 Å². The van der Waals surface area contributed by atoms with Gasteiger partial charge in [-0.05, 0) is 67.8 Å². The van der Waals surface area contributed by atoms with Gasteiger partial charge < -0.3 is 9.80 Å². The van der Waals surface area contributed by atoms with Crippen molar-refractivity contribution in [3.63, 3.8) is 0 Å². The molecule has 0 saturated heterocycles. The lowest BCUT2D eigenvalue weighted by molar-refractivity contribution is 0.0771. The van der Waals surface area contributed by atoms with Gasteiger partial charge in [-0.1, -0.05) is 42.5 Å². The van der Waals surface area contributed by atoms with E-state index in [0.29, 0.717) is 13.1 Å². The van der Waals surface area contributed by atoms with Gasteiger partial charge in [0, 0.05) is 31.0 Å². The van der Waals surface area contributed by atoms with Gasteiger partial charge in [-0.25, -0.2) is 0 Å². The van der Waals surface area contributed by atoms with Crippen molar-refractivity contribution in [1.29, 1.82) is 0 Å². The predicted octanol–water partition coefficient (Wildman–Crippen LogP) is 6.52. The van der Waals surface area contributed by atoms with E-state index in [9.17, 15) is 4.79 Å². The van der Waals surface area contributed by atoms with Crippen LogP contribution in [0, 0.1) is 0 Å². The third kappa shape index (κ3) is 4.69. The van der Waals surface area contributed by atoms with E-state index in [-0.39, 0.29) is 11.9 Å². The molecule has 1 atom stereocenters. The van der Waals surface area contributed by atoms with Crippen LogP contribution < -0.4 is 4.90 Å². The number of carbonyl (C=O) groups is 1. The van der Waals surface area contributed by atoms with Gasteiger partial charge in [0.15, 0.2) is 0 Å². The molecule has 2 aromatic heterocycles. The molecule has 172 valence electrons. The molecule has 0 saturated carbocycles. The Labute approximate surface area is 201 Å². The molecule has 5 heteroatoms. The van der Waals surface area contributed by atoms with Crippen LogP contribution in [-0.2, 0) is 0 Å². The fourth-order valence-corrected chi connectivity index (χ4v) is 4.47. The summed E-state index contributed by atoms with van der Waals surface area (Å²) in [6, 6.07) is 24.0. The van der Waals surface area contributed by atoms with Crippen molar-refractivity contribution >= 4 is 17.3 Å². The van der Waals surface area contributed by atoms with Crippen molar-refractivity contribution in [3.05, 3.63) is 109 Å². The summed E-state index contributed by atoms with van der Waals surface area (Å²) in [5.41, 5.74) is 5.70. The number of rotatable bonds is 8. The van der Waals surface area contributed by atoms with E-state index in [4.69, 9.17) is 0 Å². The van der Waals surface area contributed by atoms with E-state index in [1.807, 2.05) is 85.7 Å². The fraction of sp³-hybridized carbons (Fsp3) is 0.207. The van der Waals surface area contributed by atoms with Gasteiger partial charge in [0.05, 0.1) is 29.8 Å². The highest BCUT2D eigenvalue weighted by Crippen LogP contribution is 2.40. The fourth-order valence-electron chi connectivity index (χ4n) is 4.47. The Bertz CT molecular complexity index is 1170. The zero-order valence-electron chi connectivity index (χ0n) is 19.9. The van der Waals surface area contributed by atoms with Crippen LogP contribution in [-0.4, -0.2) is 33.9 Å². The van der Waals surface area contributed by atoms with Crippen molar-refractivity contribution in [2.45, 2.75) is 26.8 Å². The third-order valence-corrected chi connectivity index (χ3v) is 6.13. The van der Waals surface area contributed by atoms with E-state index < -0.39 is 0 Å². The first-order chi connectivity index (χ1) is 16.7. The Kier molecular flexibility index (Phi) is 7.33. The topological polar surface area (TPSA) is 49.3 Å². The second kappa shape index (κ2) is 10.8. The highest BCUT2D eigenvalue weighted by Gasteiger charge is 2.28. The summed E-state index contributed by atoms with van der Waals surface area (Å²) in [5, 5.41) is 0. The number of aromatic nitrogens is 2. The van der Waals surface area contributed by atoms with Gasteiger partial charge in [0.1, 0.15) is 0 Å². The maximum Gasteiger partial charge on any atom is 0.254 e. The van der Waals surface area contributed by atoms with Crippen LogP contribution in [0.5, 0.6) is 0 Å². The molecule has 0 radical (unpaired) electrons. The molecule has 0 spiro atoms. The molecular formula is C29H30N4O. The van der Waals surface area contributed by atoms with Crippen LogP contribution >= 0.6 is 0 Å². The van der Waals surface area contributed by atoms with Crippen LogP contribution in [0.15, 0.2) is 97.6 Å². The number of nitrogens with zero attached hydrogens (tertiary/aromatic N) is 4. The first-order valence-corrected chi connectivity index (χ1v) is 11.7. The molecule has 0 bridgehead atoms. The van der Waals surface area contributed by atoms with Gasteiger partial charge in [-0.15, -0.1) is 0 Å². The van der Waals surface area contributed by atoms with Crippen molar-refractivity contribution < 1.29 is 4.79 Å². The van der Waals surface area contributed by atoms with E-state index in [2.05, 4.69) is 40.0 Å². The first kappa shape index (κ1) is 23.2. The maximum atomic E-state index is 13.7. The number of pyridine rings is 2. The highest BCUT2D eigenvalue weighted by molar-refractivity contribution is 5.98. The van der Waals surface area contributed by atoms with Gasteiger partial charge in [-0.2, -0.15) is 0 Å². The molecule has 0 fully saturated rings. The lowest BCUT2D eigenvalue weighted by atomic mass is 9.89. The molecule has 0 N–H and O–H groups in total. The number of benzene rings is 2. The largest absolute Gasteiger partial charge is 0.339 e. The van der Waals surface area contributed by atoms with Crippen LogP contribution in [0.2, 0.25) is 0 Å². The molecule has 5 nitrogen and oxygen atoms in total. The number of hydrogen-bond acceptors (Lipinski definition) is 4. The zero-order chi connectivity index (χ0) is 23.9. The monoisotopic (exact) mass is 450 g/mol. The summed E-state index contributed by atoms with van der Waals surface area (Å²) in [4.78, 5) is 26.5. The summed E-state index contributed by atoms with van der Waals surface area (Å²) in [6.45, 7) is 7.49. The normalized spacial score (nSPS) is 11.6. The maximum absolute atomic E-state index is 13.7. The van der Waals surface area contributed by atoms with E-state index in [1.165, 1.54) is 0 Å². The minimum absolute atomic E-state index is 0.0435. The molecule has 2 aromatic carbocycles. The van der Waals surface area contributed by atoms with E-state index >= 15 is 0 Å². The van der Waals surface area contributed by atoms with Crippen molar-refractivity contribution in [1.82, 2.24) is 14.9 Å². The Hall–Kier alpha value is -3.99. The Morgan fingerprint density at radius 3 is 1.94 bits per heavy atom. The average molecular weight is 451 g/mol. The third-order valence-electron chi connectivity index (χ3n) is 6.13. The number of amides is 1. The lowest BCUT2D eigenvalue weighted by Gasteiger charge is -2.34. The number of hydrogen-bond donors (Lipinski definition) is 0. The summed E-state index contributed by atoms with van der Waals surface area (Å²) >= 11 is 0. The van der Waals surface area contributed by atoms with E-state index in [0.717, 1.165) is 33.6 Å². The van der Waals surface area contributed by atoms with Crippen molar-refractivity contribution in [3.8, 4) is 11.1 Å². The smallest absolute Gasteiger partial charge is 0.254 e. The molecule has 0 aliphatic carbocycles. The van der Waals surface area contributed by atoms with Crippen LogP contribution in [0.4, 0.5) is 11.4 Å². The van der Waals surface area contributed by atoms with Gasteiger partial charge in [0.25, 0.3) is 5.91 Å². The second-order valence-electron chi connectivity index (χ2n) is 8.08. The summed E-state index contributed by atoms with van der Waals surface area (Å²) in [7, 11) is 0. The average Bonchev–Trinajstić information content (AvgIpc) is 2.90. The highest BCUT2D eigenvalue weighted by atomic mass is 16.2. The van der Waals surface area contributed by atoms with Crippen molar-refractivity contribution in [2.24, 2.45) is 0 Å². The SMILES string of the molecule is CCN(CC)C(=O)c1cccc(-c2ccccc2)c1C(C)N(c1cccnc1)c1cccnc1. The first-order valence-electron chi connectivity index (χ1n) is 11.7. The molecule has 4 aromatic rings. The second-order valence-corrected chi connectivity index (χ2v) is 8.08. The quantitative estimate of drug-likeness (QED) is 0.306. The van der Waals surface area contributed by atoms with Crippen LogP contribution in [0.3, 0.4) is 0 Å². The van der Waals surface area contributed by atoms with Gasteiger partial charge in [-0.3, -0.25) is 14.8 Å². The van der Waals surface area contributed by atoms with Crippen LogP contribution in [0.25, 0.3) is 11.1 Å². The number of anilines is 2. The van der Waals surface area contributed by atoms with Gasteiger partial charge in [0.2, 0.25) is 0 Å². The van der Waals surface area contributed by atoms with Crippen molar-refractivity contribution in [2.75, 3.05) is 18.0 Å². The molecule has 1 unspecified atom stereocenters. The predicted molar refractivity (Wildman–Crippen MR) is 138 cm³/mol. The molecule has 0 aliphatic rings. The molecule has 2 heterocycles. The number of carbonyl (C=O) groups excluding carboxylic acids is 1. The minimum atomic E-state index is -0.167. The Morgan fingerprint density at radius 1 is 0.794 bits per heavy atom. The minimum Gasteiger partial charge on any atom is -0.339 e. The molecule has 34 heavy (non-hydrogen) atoms. The molecule has 4 rings (SSSR count). The summed E-state index contributed by atoms with van der Waals surface area (Å²) in [6.07, 6.45) is 7.23. The molecule has 0 aliphatic heterocycles. The summed E-state index contributed by atoms with van der Waals surface area (Å²) < 4.78 is 0. The van der Waals surface area contributed by atoms with Crippen LogP contribution in [0.1, 0.15) is 42.7 Å². The zero-order valence-corrected chi connectivity index (χ0v) is 19.9. The van der Waals surface area contributed by atoms with Gasteiger partial charge >= 0.3 is 0 Å². The Balaban J connectivity index is 1.95. The molecule has 1 amide bonds. The standard InChI is InChI=1S/C29H30N4O/c1-4-32(5-2)29(34)27-17-9-16-26(23-12-7-6-8-13-23)28(27)22(3)33(24-14-10-18-30-20-24)25-15-11-19-31-21-25/h6-22H,4-5H2,1-3H3. The Morgan fingerprint density at radius 2 is 1.41 bits per heavy atom.